The number of unbranched alkanes of at least 4 members (excludes halogenated alkanes) is 1. The van der Waals surface area contributed by atoms with E-state index in [9.17, 15) is 4.79 Å². The lowest BCUT2D eigenvalue weighted by Gasteiger charge is -2.06. The molecule has 0 saturated heterocycles. The van der Waals surface area contributed by atoms with Crippen LogP contribution in [-0.2, 0) is 13.5 Å². The summed E-state index contributed by atoms with van der Waals surface area (Å²) in [4.78, 5) is 16.4. The normalized spacial score (nSPS) is 10.4. The Hall–Kier alpha value is -2.15. The summed E-state index contributed by atoms with van der Waals surface area (Å²) in [6.45, 7) is 0. The van der Waals surface area contributed by atoms with Gasteiger partial charge in [0.25, 0.3) is 5.56 Å². The van der Waals surface area contributed by atoms with E-state index in [0.29, 0.717) is 25.0 Å². The zero-order chi connectivity index (χ0) is 12.3. The van der Waals surface area contributed by atoms with Gasteiger partial charge in [-0.2, -0.15) is 5.26 Å². The summed E-state index contributed by atoms with van der Waals surface area (Å²) in [5.74, 6) is 0. The number of fused-ring (bicyclic) bond motifs is 1. The minimum absolute atomic E-state index is 0.0679. The Morgan fingerprint density at radius 3 is 2.94 bits per heavy atom. The molecule has 0 atom stereocenters. The van der Waals surface area contributed by atoms with Crippen molar-refractivity contribution in [1.82, 2.24) is 9.55 Å². The molecule has 86 valence electrons. The van der Waals surface area contributed by atoms with Gasteiger partial charge in [0.05, 0.1) is 17.1 Å². The second kappa shape index (κ2) is 4.79. The second-order valence-electron chi connectivity index (χ2n) is 3.92. The summed E-state index contributed by atoms with van der Waals surface area (Å²) in [5, 5.41) is 8.49. The maximum absolute atomic E-state index is 12.0. The summed E-state index contributed by atoms with van der Waals surface area (Å²) in [6, 6.07) is 9.63. The molecule has 0 fully saturated rings. The lowest BCUT2D eigenvalue weighted by atomic mass is 10.2. The first-order chi connectivity index (χ1) is 8.24. The van der Waals surface area contributed by atoms with Crippen LogP contribution in [0.15, 0.2) is 29.1 Å². The smallest absolute Gasteiger partial charge is 0.272 e. The van der Waals surface area contributed by atoms with E-state index in [2.05, 4.69) is 11.1 Å². The van der Waals surface area contributed by atoms with Crippen LogP contribution in [0.5, 0.6) is 0 Å². The van der Waals surface area contributed by atoms with Crippen LogP contribution >= 0.6 is 0 Å². The average Bonchev–Trinajstić information content (AvgIpc) is 2.35. The highest BCUT2D eigenvalue weighted by Gasteiger charge is 2.07. The summed E-state index contributed by atoms with van der Waals surface area (Å²) < 4.78 is 1.62. The number of hydrogen-bond acceptors (Lipinski definition) is 3. The van der Waals surface area contributed by atoms with Gasteiger partial charge < -0.3 is 4.57 Å². The first-order valence-corrected chi connectivity index (χ1v) is 5.55. The lowest BCUT2D eigenvalue weighted by Crippen LogP contribution is -2.23. The Kier molecular flexibility index (Phi) is 3.20. The molecule has 0 aliphatic rings. The molecular formula is C13H13N3O. The van der Waals surface area contributed by atoms with Gasteiger partial charge in [-0.05, 0) is 25.0 Å². The van der Waals surface area contributed by atoms with Crippen molar-refractivity contribution in [2.24, 2.45) is 7.05 Å². The van der Waals surface area contributed by atoms with Crippen LogP contribution in [0.2, 0.25) is 0 Å². The van der Waals surface area contributed by atoms with Crippen LogP contribution in [0.3, 0.4) is 0 Å². The molecule has 0 bridgehead atoms. The van der Waals surface area contributed by atoms with E-state index in [4.69, 9.17) is 5.26 Å². The van der Waals surface area contributed by atoms with Crippen molar-refractivity contribution in [1.29, 1.82) is 5.26 Å². The third-order valence-corrected chi connectivity index (χ3v) is 2.75. The standard InChI is InChI=1S/C13H13N3O/c1-16-12-8-3-2-6-10(12)15-11(13(16)17)7-4-5-9-14/h2-3,6,8H,4-5,7H2,1H3. The number of aryl methyl sites for hydroxylation is 2. The molecule has 2 aromatic rings. The third kappa shape index (κ3) is 2.18. The molecule has 0 radical (unpaired) electrons. The first-order valence-electron chi connectivity index (χ1n) is 5.55. The van der Waals surface area contributed by atoms with Crippen molar-refractivity contribution >= 4 is 11.0 Å². The van der Waals surface area contributed by atoms with Crippen molar-refractivity contribution < 1.29 is 0 Å². The van der Waals surface area contributed by atoms with Crippen molar-refractivity contribution in [2.75, 3.05) is 0 Å². The summed E-state index contributed by atoms with van der Waals surface area (Å²) in [5.41, 5.74) is 2.13. The van der Waals surface area contributed by atoms with Gasteiger partial charge in [-0.25, -0.2) is 4.98 Å². The molecule has 2 rings (SSSR count). The van der Waals surface area contributed by atoms with Gasteiger partial charge in [0.1, 0.15) is 5.69 Å². The van der Waals surface area contributed by atoms with Crippen LogP contribution in [0.4, 0.5) is 0 Å². The molecule has 0 unspecified atom stereocenters. The quantitative estimate of drug-likeness (QED) is 0.751. The summed E-state index contributed by atoms with van der Waals surface area (Å²) in [7, 11) is 1.75. The molecule has 0 aliphatic carbocycles. The molecule has 1 heterocycles. The molecule has 0 N–H and O–H groups in total. The fourth-order valence-electron chi connectivity index (χ4n) is 1.84. The Morgan fingerprint density at radius 1 is 1.41 bits per heavy atom. The number of para-hydroxylation sites is 2. The highest BCUT2D eigenvalue weighted by atomic mass is 16.1. The maximum atomic E-state index is 12.0. The minimum atomic E-state index is -0.0679. The van der Waals surface area contributed by atoms with Crippen LogP contribution in [-0.4, -0.2) is 9.55 Å². The van der Waals surface area contributed by atoms with Crippen LogP contribution in [0.1, 0.15) is 18.5 Å². The highest BCUT2D eigenvalue weighted by Crippen LogP contribution is 2.09. The van der Waals surface area contributed by atoms with Crippen LogP contribution in [0.25, 0.3) is 11.0 Å². The van der Waals surface area contributed by atoms with Crippen molar-refractivity contribution in [3.8, 4) is 6.07 Å². The number of nitrogens with zero attached hydrogens (tertiary/aromatic N) is 3. The topological polar surface area (TPSA) is 58.7 Å². The van der Waals surface area contributed by atoms with E-state index in [1.807, 2.05) is 24.3 Å². The predicted molar refractivity (Wildman–Crippen MR) is 65.5 cm³/mol. The summed E-state index contributed by atoms with van der Waals surface area (Å²) >= 11 is 0. The van der Waals surface area contributed by atoms with E-state index < -0.39 is 0 Å². The number of hydrogen-bond donors (Lipinski definition) is 0. The zero-order valence-electron chi connectivity index (χ0n) is 9.68. The molecule has 1 aromatic heterocycles. The predicted octanol–water partition coefficient (Wildman–Crippen LogP) is 1.78. The van der Waals surface area contributed by atoms with E-state index in [0.717, 1.165) is 11.0 Å². The second-order valence-corrected chi connectivity index (χ2v) is 3.92. The van der Waals surface area contributed by atoms with Crippen molar-refractivity contribution in [2.45, 2.75) is 19.3 Å². The molecule has 0 spiro atoms. The Labute approximate surface area is 99.1 Å². The average molecular weight is 227 g/mol. The monoisotopic (exact) mass is 227 g/mol. The zero-order valence-corrected chi connectivity index (χ0v) is 9.68. The molecule has 17 heavy (non-hydrogen) atoms. The minimum Gasteiger partial charge on any atom is -0.308 e. The molecule has 0 amide bonds. The van der Waals surface area contributed by atoms with E-state index in [1.54, 1.807) is 11.6 Å². The van der Waals surface area contributed by atoms with Gasteiger partial charge in [0.15, 0.2) is 0 Å². The number of nitriles is 1. The van der Waals surface area contributed by atoms with Crippen LogP contribution in [0, 0.1) is 11.3 Å². The van der Waals surface area contributed by atoms with E-state index in [1.165, 1.54) is 0 Å². The molecule has 1 aromatic carbocycles. The number of aromatic nitrogens is 2. The largest absolute Gasteiger partial charge is 0.308 e. The maximum Gasteiger partial charge on any atom is 0.272 e. The van der Waals surface area contributed by atoms with Crippen molar-refractivity contribution in [3.05, 3.63) is 40.3 Å². The van der Waals surface area contributed by atoms with Gasteiger partial charge in [0, 0.05) is 13.5 Å². The first kappa shape index (κ1) is 11.3. The Morgan fingerprint density at radius 2 is 2.18 bits per heavy atom. The van der Waals surface area contributed by atoms with Gasteiger partial charge in [-0.3, -0.25) is 4.79 Å². The summed E-state index contributed by atoms with van der Waals surface area (Å²) in [6.07, 6.45) is 1.69. The fourth-order valence-corrected chi connectivity index (χ4v) is 1.84. The number of benzene rings is 1. The van der Waals surface area contributed by atoms with Gasteiger partial charge in [-0.15, -0.1) is 0 Å². The van der Waals surface area contributed by atoms with Gasteiger partial charge in [-0.1, -0.05) is 12.1 Å². The fraction of sp³-hybridized carbons (Fsp3) is 0.308. The van der Waals surface area contributed by atoms with E-state index in [-0.39, 0.29) is 5.56 Å². The third-order valence-electron chi connectivity index (χ3n) is 2.75. The molecule has 4 nitrogen and oxygen atoms in total. The molecule has 0 saturated carbocycles. The molecule has 0 aliphatic heterocycles. The Balaban J connectivity index is 2.47. The van der Waals surface area contributed by atoms with Crippen LogP contribution < -0.4 is 5.56 Å². The SMILES string of the molecule is Cn1c(=O)c(CCCC#N)nc2ccccc21. The molecular weight excluding hydrogens is 214 g/mol. The highest BCUT2D eigenvalue weighted by molar-refractivity contribution is 5.74. The van der Waals surface area contributed by atoms with Crippen molar-refractivity contribution in [3.63, 3.8) is 0 Å². The Bertz CT molecular complexity index is 637. The van der Waals surface area contributed by atoms with Gasteiger partial charge in [0.2, 0.25) is 0 Å². The molecule has 4 heteroatoms. The number of rotatable bonds is 3. The lowest BCUT2D eigenvalue weighted by molar-refractivity contribution is 0.780. The van der Waals surface area contributed by atoms with Gasteiger partial charge >= 0.3 is 0 Å². The van der Waals surface area contributed by atoms with E-state index >= 15 is 0 Å².